The fourth-order valence-electron chi connectivity index (χ4n) is 9.88. The summed E-state index contributed by atoms with van der Waals surface area (Å²) in [6.07, 6.45) is 0. The summed E-state index contributed by atoms with van der Waals surface area (Å²) in [4.78, 5) is 0. The van der Waals surface area contributed by atoms with Crippen molar-refractivity contribution in [2.24, 2.45) is 0 Å². The minimum absolute atomic E-state index is 0.429. The molecule has 1 spiro atoms. The third kappa shape index (κ3) is 3.49. The van der Waals surface area contributed by atoms with Gasteiger partial charge in [-0.2, -0.15) is 0 Å². The van der Waals surface area contributed by atoms with Gasteiger partial charge in [0.25, 0.3) is 0 Å². The third-order valence-corrected chi connectivity index (χ3v) is 12.0. The molecule has 0 bridgehead atoms. The predicted octanol–water partition coefficient (Wildman–Crippen LogP) is 13.4. The molecule has 0 amide bonds. The van der Waals surface area contributed by atoms with E-state index in [4.69, 9.17) is 0 Å². The standard InChI is InChI=1S/C51H30/c1-2-10-31(11-3-1)39-17-9-14-35-28-44-42-25-24-34(38-26-36-22-20-32-12-8-13-33-21-23-37(27-38)50(36)49(32)33)29-47(42)51(48(44)30-43(35)39)45-18-6-4-15-40(45)41-16-5-7-19-46(41)51/h1-30H. The number of rotatable bonds is 2. The van der Waals surface area contributed by atoms with E-state index in [2.05, 4.69) is 182 Å². The summed E-state index contributed by atoms with van der Waals surface area (Å²) < 4.78 is 0. The molecule has 0 heterocycles. The SMILES string of the molecule is c1ccc(-c2cccc3cc4c(cc23)C2(c3ccccc3-c3ccccc32)c2cc(-c3cc5ccc6cccc7ccc(c3)c5c67)ccc2-4)cc1. The van der Waals surface area contributed by atoms with Crippen LogP contribution in [0, 0.1) is 0 Å². The van der Waals surface area contributed by atoms with Gasteiger partial charge in [0.15, 0.2) is 0 Å². The molecule has 0 unspecified atom stereocenters. The molecule has 10 aromatic rings. The topological polar surface area (TPSA) is 0 Å². The number of hydrogen-bond acceptors (Lipinski definition) is 0. The summed E-state index contributed by atoms with van der Waals surface area (Å²) in [5.41, 5.74) is 15.4. The summed E-state index contributed by atoms with van der Waals surface area (Å²) >= 11 is 0. The van der Waals surface area contributed by atoms with Gasteiger partial charge in [0.2, 0.25) is 0 Å². The van der Waals surface area contributed by atoms with E-state index in [0.29, 0.717) is 0 Å². The number of benzene rings is 10. The maximum Gasteiger partial charge on any atom is 0.0725 e. The van der Waals surface area contributed by atoms with Gasteiger partial charge in [0.1, 0.15) is 0 Å². The Kier molecular flexibility index (Phi) is 5.26. The van der Waals surface area contributed by atoms with E-state index in [9.17, 15) is 0 Å². The molecule has 0 saturated carbocycles. The van der Waals surface area contributed by atoms with Crippen molar-refractivity contribution < 1.29 is 0 Å². The molecule has 0 fully saturated rings. The van der Waals surface area contributed by atoms with Crippen LogP contribution in [0.2, 0.25) is 0 Å². The van der Waals surface area contributed by atoms with Crippen molar-refractivity contribution in [3.8, 4) is 44.5 Å². The van der Waals surface area contributed by atoms with E-state index < -0.39 is 5.41 Å². The van der Waals surface area contributed by atoms with Crippen LogP contribution in [0.4, 0.5) is 0 Å². The Balaban J connectivity index is 1.17. The van der Waals surface area contributed by atoms with Crippen LogP contribution in [-0.2, 0) is 5.41 Å². The first-order valence-corrected chi connectivity index (χ1v) is 17.9. The van der Waals surface area contributed by atoms with Gasteiger partial charge in [-0.3, -0.25) is 0 Å². The highest BCUT2D eigenvalue weighted by atomic mass is 14.5. The Morgan fingerprint density at radius 1 is 0.255 bits per heavy atom. The van der Waals surface area contributed by atoms with Crippen LogP contribution in [0.1, 0.15) is 22.3 Å². The van der Waals surface area contributed by atoms with Gasteiger partial charge in [0.05, 0.1) is 5.41 Å². The normalized spacial score (nSPS) is 13.6. The highest BCUT2D eigenvalue weighted by Gasteiger charge is 2.51. The molecule has 10 aromatic carbocycles. The molecule has 0 aliphatic heterocycles. The second kappa shape index (κ2) is 9.81. The highest BCUT2D eigenvalue weighted by Crippen LogP contribution is 2.63. The maximum atomic E-state index is 2.53. The van der Waals surface area contributed by atoms with E-state index in [1.165, 1.54) is 110 Å². The van der Waals surface area contributed by atoms with E-state index in [1.54, 1.807) is 0 Å². The minimum atomic E-state index is -0.429. The van der Waals surface area contributed by atoms with Gasteiger partial charge >= 0.3 is 0 Å². The molecule has 234 valence electrons. The molecule has 51 heavy (non-hydrogen) atoms. The number of fused-ring (bicyclic) bond motifs is 11. The quantitative estimate of drug-likeness (QED) is 0.165. The minimum Gasteiger partial charge on any atom is -0.0622 e. The lowest BCUT2D eigenvalue weighted by molar-refractivity contribution is 0.795. The maximum absolute atomic E-state index is 2.53. The fraction of sp³-hybridized carbons (Fsp3) is 0.0196. The lowest BCUT2D eigenvalue weighted by Gasteiger charge is -2.31. The van der Waals surface area contributed by atoms with Gasteiger partial charge < -0.3 is 0 Å². The Morgan fingerprint density at radius 3 is 1.53 bits per heavy atom. The van der Waals surface area contributed by atoms with E-state index in [0.717, 1.165) is 0 Å². The van der Waals surface area contributed by atoms with Crippen LogP contribution in [-0.4, -0.2) is 0 Å². The Labute approximate surface area is 296 Å². The Hall–Kier alpha value is -6.50. The van der Waals surface area contributed by atoms with Gasteiger partial charge in [-0.15, -0.1) is 0 Å². The van der Waals surface area contributed by atoms with Gasteiger partial charge in [-0.1, -0.05) is 152 Å². The molecule has 2 aliphatic rings. The third-order valence-electron chi connectivity index (χ3n) is 12.0. The van der Waals surface area contributed by atoms with Crippen molar-refractivity contribution in [3.63, 3.8) is 0 Å². The predicted molar refractivity (Wildman–Crippen MR) is 215 cm³/mol. The van der Waals surface area contributed by atoms with Crippen LogP contribution < -0.4 is 0 Å². The van der Waals surface area contributed by atoms with Crippen molar-refractivity contribution in [3.05, 3.63) is 204 Å². The Bertz CT molecular complexity index is 2960. The average Bonchev–Trinajstić information content (AvgIpc) is 3.65. The lowest BCUT2D eigenvalue weighted by atomic mass is 9.70. The Morgan fingerprint density at radius 2 is 0.804 bits per heavy atom. The molecule has 0 N–H and O–H groups in total. The van der Waals surface area contributed by atoms with Crippen molar-refractivity contribution in [2.75, 3.05) is 0 Å². The fourth-order valence-corrected chi connectivity index (χ4v) is 9.88. The highest BCUT2D eigenvalue weighted by molar-refractivity contribution is 6.23. The zero-order chi connectivity index (χ0) is 33.3. The van der Waals surface area contributed by atoms with Crippen LogP contribution in [0.15, 0.2) is 182 Å². The number of hydrogen-bond donors (Lipinski definition) is 0. The summed E-state index contributed by atoms with van der Waals surface area (Å²) in [5.74, 6) is 0. The van der Waals surface area contributed by atoms with E-state index >= 15 is 0 Å². The van der Waals surface area contributed by atoms with Crippen molar-refractivity contribution in [1.29, 1.82) is 0 Å². The summed E-state index contributed by atoms with van der Waals surface area (Å²) in [7, 11) is 0. The van der Waals surface area contributed by atoms with E-state index in [-0.39, 0.29) is 0 Å². The summed E-state index contributed by atoms with van der Waals surface area (Å²) in [5, 5.41) is 10.5. The zero-order valence-corrected chi connectivity index (χ0v) is 27.8. The molecular formula is C51H30. The monoisotopic (exact) mass is 642 g/mol. The largest absolute Gasteiger partial charge is 0.0725 e. The zero-order valence-electron chi connectivity index (χ0n) is 27.8. The van der Waals surface area contributed by atoms with Crippen LogP contribution in [0.25, 0.3) is 87.6 Å². The molecule has 0 nitrogen and oxygen atoms in total. The molecule has 2 aliphatic carbocycles. The molecule has 0 saturated heterocycles. The average molecular weight is 643 g/mol. The summed E-state index contributed by atoms with van der Waals surface area (Å²) in [6, 6.07) is 68.7. The molecule has 0 atom stereocenters. The smallest absolute Gasteiger partial charge is 0.0622 e. The molecule has 0 heteroatoms. The van der Waals surface area contributed by atoms with Gasteiger partial charge in [-0.05, 0) is 140 Å². The first-order valence-electron chi connectivity index (χ1n) is 17.9. The molecule has 0 aromatic heterocycles. The lowest BCUT2D eigenvalue weighted by Crippen LogP contribution is -2.26. The van der Waals surface area contributed by atoms with Crippen molar-refractivity contribution in [2.45, 2.75) is 5.41 Å². The van der Waals surface area contributed by atoms with Crippen LogP contribution in [0.5, 0.6) is 0 Å². The van der Waals surface area contributed by atoms with Crippen LogP contribution >= 0.6 is 0 Å². The first-order chi connectivity index (χ1) is 25.3. The molecule has 12 rings (SSSR count). The van der Waals surface area contributed by atoms with Crippen LogP contribution in [0.3, 0.4) is 0 Å². The summed E-state index contributed by atoms with van der Waals surface area (Å²) in [6.45, 7) is 0. The molecule has 0 radical (unpaired) electrons. The van der Waals surface area contributed by atoms with E-state index in [1.807, 2.05) is 0 Å². The van der Waals surface area contributed by atoms with Gasteiger partial charge in [0, 0.05) is 0 Å². The molecular weight excluding hydrogens is 613 g/mol. The van der Waals surface area contributed by atoms with Crippen molar-refractivity contribution in [1.82, 2.24) is 0 Å². The first kappa shape index (κ1) is 27.3. The second-order valence-corrected chi connectivity index (χ2v) is 14.4. The second-order valence-electron chi connectivity index (χ2n) is 14.4. The van der Waals surface area contributed by atoms with Gasteiger partial charge in [-0.25, -0.2) is 0 Å². The van der Waals surface area contributed by atoms with Crippen molar-refractivity contribution >= 4 is 43.1 Å².